The van der Waals surface area contributed by atoms with Gasteiger partial charge in [-0.05, 0) is 35.6 Å². The minimum atomic E-state index is 1.12. The zero-order valence-electron chi connectivity index (χ0n) is 12.8. The summed E-state index contributed by atoms with van der Waals surface area (Å²) in [4.78, 5) is 0. The van der Waals surface area contributed by atoms with Crippen LogP contribution in [0.1, 0.15) is 18.1 Å². The molecule has 3 aromatic carbocycles. The summed E-state index contributed by atoms with van der Waals surface area (Å²) in [7, 11) is 0. The standard InChI is InChI=1S/C21H15BrS/c1-3-7-15-14(4-2)20-18-11-10-13(22)12-19(18)23-21(20)17-9-6-5-8-16(15)17/h3-12H,2H2,1H3/b7-3-. The second-order valence-electron chi connectivity index (χ2n) is 5.52. The molecule has 0 amide bonds. The van der Waals surface area contributed by atoms with E-state index in [0.717, 1.165) is 4.47 Å². The monoisotopic (exact) mass is 378 g/mol. The molecule has 23 heavy (non-hydrogen) atoms. The van der Waals surface area contributed by atoms with Crippen LogP contribution in [0.25, 0.3) is 43.1 Å². The highest BCUT2D eigenvalue weighted by Gasteiger charge is 2.15. The van der Waals surface area contributed by atoms with Crippen molar-refractivity contribution in [1.82, 2.24) is 0 Å². The fourth-order valence-corrected chi connectivity index (χ4v) is 5.09. The Balaban J connectivity index is 2.36. The van der Waals surface area contributed by atoms with Crippen molar-refractivity contribution in [3.63, 3.8) is 0 Å². The lowest BCUT2D eigenvalue weighted by molar-refractivity contribution is 1.71. The highest BCUT2D eigenvalue weighted by molar-refractivity contribution is 9.10. The third-order valence-electron chi connectivity index (χ3n) is 4.21. The molecule has 0 aliphatic carbocycles. The van der Waals surface area contributed by atoms with Crippen molar-refractivity contribution in [3.05, 3.63) is 70.7 Å². The molecule has 0 N–H and O–H groups in total. The van der Waals surface area contributed by atoms with Crippen LogP contribution in [-0.4, -0.2) is 0 Å². The van der Waals surface area contributed by atoms with E-state index in [1.807, 2.05) is 17.4 Å². The van der Waals surface area contributed by atoms with Gasteiger partial charge in [-0.3, -0.25) is 0 Å². The van der Waals surface area contributed by atoms with Gasteiger partial charge in [-0.25, -0.2) is 0 Å². The van der Waals surface area contributed by atoms with E-state index in [9.17, 15) is 0 Å². The molecule has 0 aliphatic heterocycles. The summed E-state index contributed by atoms with van der Waals surface area (Å²) in [5.74, 6) is 0. The second-order valence-corrected chi connectivity index (χ2v) is 7.49. The summed E-state index contributed by atoms with van der Waals surface area (Å²) >= 11 is 5.45. The molecule has 112 valence electrons. The fourth-order valence-electron chi connectivity index (χ4n) is 3.28. The molecule has 0 atom stereocenters. The van der Waals surface area contributed by atoms with Gasteiger partial charge in [-0.15, -0.1) is 11.3 Å². The number of thiophene rings is 1. The number of rotatable bonds is 2. The van der Waals surface area contributed by atoms with Gasteiger partial charge in [0.05, 0.1) is 0 Å². The summed E-state index contributed by atoms with van der Waals surface area (Å²) in [5.41, 5.74) is 2.48. The third kappa shape index (κ3) is 2.17. The van der Waals surface area contributed by atoms with E-state index in [2.05, 4.69) is 84.0 Å². The minimum Gasteiger partial charge on any atom is -0.134 e. The second kappa shape index (κ2) is 5.63. The van der Waals surface area contributed by atoms with E-state index in [0.29, 0.717) is 0 Å². The molecule has 0 bridgehead atoms. The summed E-state index contributed by atoms with van der Waals surface area (Å²) in [5, 5.41) is 5.23. The zero-order chi connectivity index (χ0) is 16.0. The Kier molecular flexibility index (Phi) is 3.59. The normalized spacial score (nSPS) is 11.9. The summed E-state index contributed by atoms with van der Waals surface area (Å²) in [6, 6.07) is 15.2. The summed E-state index contributed by atoms with van der Waals surface area (Å²) in [6.45, 7) is 6.16. The number of benzene rings is 3. The maximum Gasteiger partial charge on any atom is 0.0440 e. The van der Waals surface area contributed by atoms with Crippen LogP contribution in [0.5, 0.6) is 0 Å². The van der Waals surface area contributed by atoms with Crippen LogP contribution in [-0.2, 0) is 0 Å². The lowest BCUT2D eigenvalue weighted by atomic mass is 9.93. The molecule has 0 radical (unpaired) electrons. The highest BCUT2D eigenvalue weighted by Crippen LogP contribution is 2.44. The molecule has 1 heterocycles. The molecule has 0 unspecified atom stereocenters. The molecule has 0 nitrogen and oxygen atoms in total. The quantitative estimate of drug-likeness (QED) is 0.336. The third-order valence-corrected chi connectivity index (χ3v) is 5.89. The first-order valence-corrected chi connectivity index (χ1v) is 9.17. The van der Waals surface area contributed by atoms with E-state index in [1.54, 1.807) is 0 Å². The van der Waals surface area contributed by atoms with Crippen molar-refractivity contribution in [1.29, 1.82) is 0 Å². The first kappa shape index (κ1) is 14.7. The van der Waals surface area contributed by atoms with Crippen LogP contribution in [0.4, 0.5) is 0 Å². The van der Waals surface area contributed by atoms with E-state index < -0.39 is 0 Å². The van der Waals surface area contributed by atoms with Gasteiger partial charge in [0, 0.05) is 30.0 Å². The Hall–Kier alpha value is -1.90. The maximum atomic E-state index is 4.10. The molecule has 4 rings (SSSR count). The summed E-state index contributed by atoms with van der Waals surface area (Å²) < 4.78 is 3.77. The van der Waals surface area contributed by atoms with Crippen molar-refractivity contribution >= 4 is 70.4 Å². The van der Waals surface area contributed by atoms with Crippen molar-refractivity contribution < 1.29 is 0 Å². The predicted octanol–water partition coefficient (Wildman–Crippen LogP) is 7.65. The van der Waals surface area contributed by atoms with Gasteiger partial charge in [0.25, 0.3) is 0 Å². The van der Waals surface area contributed by atoms with Crippen molar-refractivity contribution in [2.45, 2.75) is 6.92 Å². The number of hydrogen-bond donors (Lipinski definition) is 0. The molecule has 0 saturated heterocycles. The van der Waals surface area contributed by atoms with Gasteiger partial charge in [-0.2, -0.15) is 0 Å². The fraction of sp³-hybridized carbons (Fsp3) is 0.0476. The molecule has 0 aliphatic rings. The van der Waals surface area contributed by atoms with E-state index in [1.165, 1.54) is 42.1 Å². The Morgan fingerprint density at radius 1 is 1.00 bits per heavy atom. The highest BCUT2D eigenvalue weighted by atomic mass is 79.9. The largest absolute Gasteiger partial charge is 0.134 e. The van der Waals surface area contributed by atoms with Crippen LogP contribution in [0.2, 0.25) is 0 Å². The number of fused-ring (bicyclic) bond motifs is 5. The lowest BCUT2D eigenvalue weighted by Gasteiger charge is -2.10. The predicted molar refractivity (Wildman–Crippen MR) is 109 cm³/mol. The number of allylic oxidation sites excluding steroid dienone is 1. The number of hydrogen-bond acceptors (Lipinski definition) is 1. The van der Waals surface area contributed by atoms with Crippen molar-refractivity contribution in [3.8, 4) is 0 Å². The number of halogens is 1. The Bertz CT molecular complexity index is 1100. The van der Waals surface area contributed by atoms with Crippen LogP contribution < -0.4 is 0 Å². The van der Waals surface area contributed by atoms with Crippen molar-refractivity contribution in [2.24, 2.45) is 0 Å². The SMILES string of the molecule is C=Cc1c(/C=C\C)c2ccccc2c2sc3cc(Br)ccc3c12. The van der Waals surface area contributed by atoms with Gasteiger partial charge in [0.2, 0.25) is 0 Å². The molecular formula is C21H15BrS. The molecule has 0 saturated carbocycles. The van der Waals surface area contributed by atoms with Crippen LogP contribution in [0.15, 0.2) is 59.6 Å². The molecular weight excluding hydrogens is 364 g/mol. The molecule has 2 heteroatoms. The van der Waals surface area contributed by atoms with E-state index >= 15 is 0 Å². The van der Waals surface area contributed by atoms with Gasteiger partial charge in [0.15, 0.2) is 0 Å². The zero-order valence-corrected chi connectivity index (χ0v) is 15.2. The van der Waals surface area contributed by atoms with Crippen LogP contribution in [0.3, 0.4) is 0 Å². The molecule has 4 aromatic rings. The first-order chi connectivity index (χ1) is 11.2. The minimum absolute atomic E-state index is 1.12. The van der Waals surface area contributed by atoms with Gasteiger partial charge < -0.3 is 0 Å². The van der Waals surface area contributed by atoms with Crippen molar-refractivity contribution in [2.75, 3.05) is 0 Å². The van der Waals surface area contributed by atoms with Gasteiger partial charge in [-0.1, -0.05) is 71.1 Å². The average Bonchev–Trinajstić information content (AvgIpc) is 2.94. The van der Waals surface area contributed by atoms with E-state index in [4.69, 9.17) is 0 Å². The Morgan fingerprint density at radius 2 is 1.78 bits per heavy atom. The maximum absolute atomic E-state index is 4.10. The first-order valence-electron chi connectivity index (χ1n) is 7.56. The molecule has 0 spiro atoms. The summed E-state index contributed by atoms with van der Waals surface area (Å²) in [6.07, 6.45) is 6.30. The van der Waals surface area contributed by atoms with E-state index in [-0.39, 0.29) is 0 Å². The topological polar surface area (TPSA) is 0 Å². The Labute approximate surface area is 147 Å². The lowest BCUT2D eigenvalue weighted by Crippen LogP contribution is -1.86. The van der Waals surface area contributed by atoms with Crippen LogP contribution >= 0.6 is 27.3 Å². The molecule has 1 aromatic heterocycles. The molecule has 0 fully saturated rings. The Morgan fingerprint density at radius 3 is 2.52 bits per heavy atom. The van der Waals surface area contributed by atoms with Gasteiger partial charge in [0.1, 0.15) is 0 Å². The average molecular weight is 379 g/mol. The van der Waals surface area contributed by atoms with Crippen LogP contribution in [0, 0.1) is 0 Å². The smallest absolute Gasteiger partial charge is 0.0440 e. The van der Waals surface area contributed by atoms with Gasteiger partial charge >= 0.3 is 0 Å².